The van der Waals surface area contributed by atoms with E-state index in [0.29, 0.717) is 0 Å². The maximum Gasteiger partial charge on any atom is 0.408 e. The maximum absolute atomic E-state index is 13.3. The van der Waals surface area contributed by atoms with Crippen LogP contribution in [0, 0.1) is 0 Å². The number of hydrogen-bond acceptors (Lipinski definition) is 6. The fourth-order valence-corrected chi connectivity index (χ4v) is 5.03. The highest BCUT2D eigenvalue weighted by Gasteiger charge is 2.50. The molecule has 2 aromatic rings. The fourth-order valence-electron chi connectivity index (χ4n) is 5.03. The van der Waals surface area contributed by atoms with Crippen molar-refractivity contribution in [3.8, 4) is 11.1 Å². The lowest BCUT2D eigenvalue weighted by Gasteiger charge is -2.33. The molecule has 0 saturated carbocycles. The zero-order chi connectivity index (χ0) is 25.2. The molecule has 2 atom stereocenters. The lowest BCUT2D eigenvalue weighted by molar-refractivity contribution is -0.161. The number of nitrogens with one attached hydrogen (secondary N) is 1. The number of nitrogens with zero attached hydrogens (tertiary/aromatic N) is 1. The van der Waals surface area contributed by atoms with E-state index in [1.807, 2.05) is 36.4 Å². The molecule has 186 valence electrons. The average molecular weight is 483 g/mol. The minimum atomic E-state index is -1.46. The SMILES string of the molecule is COCC(C)(NC(=O)OCC1c2ccccc2-c2ccccc21)C(=O)N1CCC(OC)(C(=O)O)C1. The average Bonchev–Trinajstić information content (AvgIpc) is 3.43. The van der Waals surface area contributed by atoms with Crippen LogP contribution in [0.5, 0.6) is 0 Å². The second-order valence-corrected chi connectivity index (χ2v) is 9.20. The lowest BCUT2D eigenvalue weighted by Crippen LogP contribution is -2.60. The van der Waals surface area contributed by atoms with Gasteiger partial charge < -0.3 is 29.5 Å². The Hall–Kier alpha value is -3.43. The Balaban J connectivity index is 1.45. The Morgan fingerprint density at radius 2 is 1.69 bits per heavy atom. The summed E-state index contributed by atoms with van der Waals surface area (Å²) in [6.45, 7) is 1.59. The third kappa shape index (κ3) is 4.49. The van der Waals surface area contributed by atoms with Gasteiger partial charge in [-0.05, 0) is 29.2 Å². The van der Waals surface area contributed by atoms with Gasteiger partial charge in [-0.15, -0.1) is 0 Å². The minimum absolute atomic E-state index is 0.104. The first-order valence-electron chi connectivity index (χ1n) is 11.4. The van der Waals surface area contributed by atoms with Gasteiger partial charge in [0.2, 0.25) is 0 Å². The Bertz CT molecular complexity index is 1090. The van der Waals surface area contributed by atoms with Crippen molar-refractivity contribution < 1.29 is 33.7 Å². The van der Waals surface area contributed by atoms with E-state index in [4.69, 9.17) is 14.2 Å². The van der Waals surface area contributed by atoms with Gasteiger partial charge in [0.1, 0.15) is 12.1 Å². The molecular formula is C26H30N2O7. The predicted octanol–water partition coefficient (Wildman–Crippen LogP) is 2.63. The molecule has 1 fully saturated rings. The number of aliphatic carboxylic acids is 1. The van der Waals surface area contributed by atoms with Gasteiger partial charge in [0.05, 0.1) is 13.2 Å². The number of carboxylic acid groups (broad SMARTS) is 1. The van der Waals surface area contributed by atoms with E-state index in [1.54, 1.807) is 0 Å². The van der Waals surface area contributed by atoms with Gasteiger partial charge in [-0.3, -0.25) is 4.79 Å². The van der Waals surface area contributed by atoms with Crippen LogP contribution in [0.2, 0.25) is 0 Å². The van der Waals surface area contributed by atoms with Crippen LogP contribution >= 0.6 is 0 Å². The van der Waals surface area contributed by atoms with Gasteiger partial charge in [-0.25, -0.2) is 9.59 Å². The van der Waals surface area contributed by atoms with Crippen LogP contribution < -0.4 is 5.32 Å². The van der Waals surface area contributed by atoms with E-state index >= 15 is 0 Å². The highest BCUT2D eigenvalue weighted by atomic mass is 16.6. The number of amides is 2. The molecule has 9 nitrogen and oxygen atoms in total. The summed E-state index contributed by atoms with van der Waals surface area (Å²) in [7, 11) is 2.73. The van der Waals surface area contributed by atoms with Gasteiger partial charge in [-0.2, -0.15) is 0 Å². The summed E-state index contributed by atoms with van der Waals surface area (Å²) in [4.78, 5) is 39.2. The molecule has 2 aliphatic rings. The van der Waals surface area contributed by atoms with Crippen molar-refractivity contribution in [3.05, 3.63) is 59.7 Å². The van der Waals surface area contributed by atoms with Crippen LogP contribution in [0.3, 0.4) is 0 Å². The summed E-state index contributed by atoms with van der Waals surface area (Å²) in [5.74, 6) is -1.71. The van der Waals surface area contributed by atoms with Crippen molar-refractivity contribution in [2.24, 2.45) is 0 Å². The van der Waals surface area contributed by atoms with Crippen LogP contribution in [0.15, 0.2) is 48.5 Å². The van der Waals surface area contributed by atoms with Crippen LogP contribution in [0.4, 0.5) is 4.79 Å². The Kier molecular flexibility index (Phi) is 6.82. The fraction of sp³-hybridized carbons (Fsp3) is 0.423. The highest BCUT2D eigenvalue weighted by molar-refractivity contribution is 5.91. The van der Waals surface area contributed by atoms with Gasteiger partial charge in [0.15, 0.2) is 5.60 Å². The quantitative estimate of drug-likeness (QED) is 0.594. The molecule has 0 bridgehead atoms. The second-order valence-electron chi connectivity index (χ2n) is 9.20. The van der Waals surface area contributed by atoms with E-state index in [1.165, 1.54) is 26.0 Å². The summed E-state index contributed by atoms with van der Waals surface area (Å²) in [6.07, 6.45) is -0.603. The number of benzene rings is 2. The molecule has 0 radical (unpaired) electrons. The number of carbonyl (C=O) groups excluding carboxylic acids is 2. The van der Waals surface area contributed by atoms with Crippen molar-refractivity contribution in [2.45, 2.75) is 30.4 Å². The number of hydrogen-bond donors (Lipinski definition) is 2. The number of methoxy groups -OCH3 is 2. The zero-order valence-corrected chi connectivity index (χ0v) is 20.1. The van der Waals surface area contributed by atoms with E-state index in [0.717, 1.165) is 22.3 Å². The number of carbonyl (C=O) groups is 3. The molecule has 2 N–H and O–H groups in total. The van der Waals surface area contributed by atoms with Gasteiger partial charge in [0.25, 0.3) is 5.91 Å². The van der Waals surface area contributed by atoms with Gasteiger partial charge in [0, 0.05) is 33.1 Å². The summed E-state index contributed by atoms with van der Waals surface area (Å²) < 4.78 is 16.0. The Morgan fingerprint density at radius 1 is 1.09 bits per heavy atom. The zero-order valence-electron chi connectivity index (χ0n) is 20.1. The molecule has 2 amide bonds. The highest BCUT2D eigenvalue weighted by Crippen LogP contribution is 2.44. The summed E-state index contributed by atoms with van der Waals surface area (Å²) >= 11 is 0. The number of alkyl carbamates (subject to hydrolysis) is 1. The van der Waals surface area contributed by atoms with Crippen LogP contribution in [0.1, 0.15) is 30.4 Å². The number of likely N-dealkylation sites (tertiary alicyclic amines) is 1. The smallest absolute Gasteiger partial charge is 0.408 e. The molecular weight excluding hydrogens is 452 g/mol. The van der Waals surface area contributed by atoms with Crippen molar-refractivity contribution >= 4 is 18.0 Å². The molecule has 2 aromatic carbocycles. The summed E-state index contributed by atoms with van der Waals surface area (Å²) in [5.41, 5.74) is 1.49. The molecule has 1 heterocycles. The van der Waals surface area contributed by atoms with Crippen molar-refractivity contribution in [3.63, 3.8) is 0 Å². The normalized spacial score (nSPS) is 20.6. The number of ether oxygens (including phenoxy) is 3. The lowest BCUT2D eigenvalue weighted by atomic mass is 9.98. The molecule has 1 aliphatic carbocycles. The third-order valence-electron chi connectivity index (χ3n) is 6.93. The van der Waals surface area contributed by atoms with Crippen molar-refractivity contribution in [1.82, 2.24) is 10.2 Å². The van der Waals surface area contributed by atoms with Crippen molar-refractivity contribution in [1.29, 1.82) is 0 Å². The first kappa shape index (κ1) is 24.7. The molecule has 2 unspecified atom stereocenters. The number of carboxylic acids is 1. The standard InChI is InChI=1S/C26H30N2O7/c1-25(16-33-2,22(29)28-13-12-26(15-28,34-3)23(30)31)27-24(32)35-14-21-19-10-6-4-8-17(19)18-9-5-7-11-20(18)21/h4-11,21H,12-16H2,1-3H3,(H,27,32)(H,30,31). The first-order valence-corrected chi connectivity index (χ1v) is 11.4. The maximum atomic E-state index is 13.3. The second kappa shape index (κ2) is 9.67. The first-order chi connectivity index (χ1) is 16.7. The van der Waals surface area contributed by atoms with Gasteiger partial charge in [-0.1, -0.05) is 48.5 Å². The van der Waals surface area contributed by atoms with Crippen LogP contribution in [-0.2, 0) is 23.8 Å². The van der Waals surface area contributed by atoms with Crippen LogP contribution in [-0.4, -0.2) is 79.6 Å². The van der Waals surface area contributed by atoms with E-state index in [2.05, 4.69) is 17.4 Å². The minimum Gasteiger partial charge on any atom is -0.479 e. The van der Waals surface area contributed by atoms with Crippen LogP contribution in [0.25, 0.3) is 11.1 Å². The number of rotatable bonds is 8. The van der Waals surface area contributed by atoms with E-state index < -0.39 is 29.1 Å². The topological polar surface area (TPSA) is 114 Å². The molecule has 0 spiro atoms. The molecule has 4 rings (SSSR count). The third-order valence-corrected chi connectivity index (χ3v) is 6.93. The monoisotopic (exact) mass is 482 g/mol. The van der Waals surface area contributed by atoms with E-state index in [9.17, 15) is 19.5 Å². The predicted molar refractivity (Wildman–Crippen MR) is 127 cm³/mol. The largest absolute Gasteiger partial charge is 0.479 e. The molecule has 0 aromatic heterocycles. The molecule has 9 heteroatoms. The molecule has 1 aliphatic heterocycles. The summed E-state index contributed by atoms with van der Waals surface area (Å²) in [5, 5.41) is 12.2. The van der Waals surface area contributed by atoms with E-state index in [-0.39, 0.29) is 38.6 Å². The molecule has 1 saturated heterocycles. The van der Waals surface area contributed by atoms with Gasteiger partial charge >= 0.3 is 12.1 Å². The van der Waals surface area contributed by atoms with Crippen molar-refractivity contribution in [2.75, 3.05) is 40.5 Å². The summed E-state index contributed by atoms with van der Waals surface area (Å²) in [6, 6.07) is 16.0. The molecule has 35 heavy (non-hydrogen) atoms. The number of fused-ring (bicyclic) bond motifs is 3. The Morgan fingerprint density at radius 3 is 2.20 bits per heavy atom. The Labute approximate surface area is 204 Å².